The molecule has 8 heteroatoms. The lowest BCUT2D eigenvalue weighted by molar-refractivity contribution is 0.309. The molecule has 0 radical (unpaired) electrons. The number of sulfonamides is 2. The van der Waals surface area contributed by atoms with Crippen LogP contribution in [-0.4, -0.2) is 52.3 Å². The van der Waals surface area contributed by atoms with E-state index in [4.69, 9.17) is 0 Å². The molecule has 96 valence electrons. The van der Waals surface area contributed by atoms with E-state index in [0.717, 1.165) is 6.26 Å². The van der Waals surface area contributed by atoms with Crippen LogP contribution in [0.25, 0.3) is 0 Å². The highest BCUT2D eigenvalue weighted by Crippen LogP contribution is 2.14. The first-order chi connectivity index (χ1) is 7.24. The highest BCUT2D eigenvalue weighted by atomic mass is 32.2. The Labute approximate surface area is 97.1 Å². The minimum atomic E-state index is -3.20. The zero-order valence-electron chi connectivity index (χ0n) is 9.51. The van der Waals surface area contributed by atoms with Gasteiger partial charge in [-0.05, 0) is 19.8 Å². The average Bonchev–Trinajstić information content (AvgIpc) is 2.16. The van der Waals surface area contributed by atoms with Gasteiger partial charge in [0, 0.05) is 19.1 Å². The quantitative estimate of drug-likeness (QED) is 0.736. The Morgan fingerprint density at radius 3 is 2.06 bits per heavy atom. The molecule has 0 aromatic carbocycles. The first-order valence-corrected chi connectivity index (χ1v) is 8.70. The Morgan fingerprint density at radius 1 is 1.19 bits per heavy atom. The molecule has 1 rings (SSSR count). The minimum Gasteiger partial charge on any atom is -0.213 e. The summed E-state index contributed by atoms with van der Waals surface area (Å²) in [7, 11) is -6.33. The van der Waals surface area contributed by atoms with Gasteiger partial charge < -0.3 is 0 Å². The van der Waals surface area contributed by atoms with E-state index in [1.807, 2.05) is 0 Å². The van der Waals surface area contributed by atoms with E-state index in [0.29, 0.717) is 25.9 Å². The van der Waals surface area contributed by atoms with Gasteiger partial charge >= 0.3 is 0 Å². The fourth-order valence-electron chi connectivity index (χ4n) is 1.74. The summed E-state index contributed by atoms with van der Waals surface area (Å²) in [6.45, 7) is 2.39. The molecule has 1 saturated heterocycles. The largest absolute Gasteiger partial charge is 0.213 e. The van der Waals surface area contributed by atoms with E-state index < -0.39 is 20.0 Å². The highest BCUT2D eigenvalue weighted by molar-refractivity contribution is 7.89. The molecular weight excluding hydrogens is 252 g/mol. The molecule has 1 aliphatic heterocycles. The summed E-state index contributed by atoms with van der Waals surface area (Å²) < 4.78 is 49.0. The predicted octanol–water partition coefficient (Wildman–Crippen LogP) is -0.650. The summed E-state index contributed by atoms with van der Waals surface area (Å²) in [5, 5.41) is 0. The summed E-state index contributed by atoms with van der Waals surface area (Å²) in [6.07, 6.45) is 2.18. The second kappa shape index (κ2) is 4.99. The van der Waals surface area contributed by atoms with Crippen molar-refractivity contribution in [3.63, 3.8) is 0 Å². The van der Waals surface area contributed by atoms with E-state index in [1.165, 1.54) is 4.31 Å². The van der Waals surface area contributed by atoms with Crippen molar-refractivity contribution in [3.8, 4) is 0 Å². The zero-order valence-corrected chi connectivity index (χ0v) is 11.1. The summed E-state index contributed by atoms with van der Waals surface area (Å²) >= 11 is 0. The molecule has 0 amide bonds. The van der Waals surface area contributed by atoms with E-state index in [-0.39, 0.29) is 11.8 Å². The van der Waals surface area contributed by atoms with Crippen molar-refractivity contribution in [1.29, 1.82) is 0 Å². The van der Waals surface area contributed by atoms with Crippen LogP contribution in [0.5, 0.6) is 0 Å². The Balaban J connectivity index is 2.52. The van der Waals surface area contributed by atoms with E-state index in [1.54, 1.807) is 6.92 Å². The lowest BCUT2D eigenvalue weighted by Crippen LogP contribution is -2.46. The van der Waals surface area contributed by atoms with Gasteiger partial charge in [0.15, 0.2) is 0 Å². The molecule has 0 aliphatic carbocycles. The van der Waals surface area contributed by atoms with Crippen molar-refractivity contribution < 1.29 is 16.8 Å². The van der Waals surface area contributed by atoms with Crippen LogP contribution in [0, 0.1) is 0 Å². The molecule has 0 atom stereocenters. The number of rotatable bonds is 4. The molecule has 1 aliphatic rings. The van der Waals surface area contributed by atoms with Gasteiger partial charge in [-0.25, -0.2) is 25.9 Å². The van der Waals surface area contributed by atoms with Crippen LogP contribution in [-0.2, 0) is 20.0 Å². The van der Waals surface area contributed by atoms with Crippen LogP contribution < -0.4 is 4.72 Å². The molecular formula is C8H18N2O4S2. The molecule has 6 nitrogen and oxygen atoms in total. The zero-order chi connectivity index (χ0) is 12.4. The first-order valence-electron chi connectivity index (χ1n) is 5.20. The van der Waals surface area contributed by atoms with Crippen molar-refractivity contribution in [2.75, 3.05) is 25.1 Å². The van der Waals surface area contributed by atoms with Gasteiger partial charge in [-0.3, -0.25) is 0 Å². The number of hydrogen-bond acceptors (Lipinski definition) is 4. The second-order valence-corrected chi connectivity index (χ2v) is 8.00. The van der Waals surface area contributed by atoms with Crippen molar-refractivity contribution in [1.82, 2.24) is 9.03 Å². The molecule has 16 heavy (non-hydrogen) atoms. The normalized spacial score (nSPS) is 21.1. The van der Waals surface area contributed by atoms with Crippen LogP contribution in [0.3, 0.4) is 0 Å². The number of nitrogens with one attached hydrogen (secondary N) is 1. The SMILES string of the molecule is CCS(=O)(=O)N1CCC(NS(C)(=O)=O)CC1. The Hall–Kier alpha value is -0.180. The number of hydrogen-bond donors (Lipinski definition) is 1. The maximum Gasteiger partial charge on any atom is 0.213 e. The summed E-state index contributed by atoms with van der Waals surface area (Å²) in [6, 6.07) is -0.140. The molecule has 1 N–H and O–H groups in total. The second-order valence-electron chi connectivity index (χ2n) is 3.96. The molecule has 1 fully saturated rings. The Bertz CT molecular complexity index is 421. The topological polar surface area (TPSA) is 83.6 Å². The van der Waals surface area contributed by atoms with Gasteiger partial charge in [0.2, 0.25) is 20.0 Å². The van der Waals surface area contributed by atoms with Gasteiger partial charge in [-0.2, -0.15) is 0 Å². The third-order valence-electron chi connectivity index (χ3n) is 2.59. The molecule has 0 unspecified atom stereocenters. The van der Waals surface area contributed by atoms with Crippen LogP contribution in [0.2, 0.25) is 0 Å². The van der Waals surface area contributed by atoms with E-state index in [2.05, 4.69) is 4.72 Å². The maximum atomic E-state index is 11.5. The van der Waals surface area contributed by atoms with E-state index in [9.17, 15) is 16.8 Å². The minimum absolute atomic E-state index is 0.0944. The van der Waals surface area contributed by atoms with Crippen LogP contribution in [0.4, 0.5) is 0 Å². The standard InChI is InChI=1S/C8H18N2O4S2/c1-3-16(13,14)10-6-4-8(5-7-10)9-15(2,11)12/h8-9H,3-7H2,1-2H3. The molecule has 0 aromatic heterocycles. The van der Waals surface area contributed by atoms with Crippen LogP contribution in [0.15, 0.2) is 0 Å². The maximum absolute atomic E-state index is 11.5. The van der Waals surface area contributed by atoms with Gasteiger partial charge in [0.05, 0.1) is 12.0 Å². The van der Waals surface area contributed by atoms with Crippen molar-refractivity contribution in [3.05, 3.63) is 0 Å². The lowest BCUT2D eigenvalue weighted by Gasteiger charge is -2.30. The first kappa shape index (κ1) is 13.9. The van der Waals surface area contributed by atoms with Crippen molar-refractivity contribution >= 4 is 20.0 Å². The Morgan fingerprint density at radius 2 is 1.69 bits per heavy atom. The van der Waals surface area contributed by atoms with Gasteiger partial charge in [-0.15, -0.1) is 0 Å². The monoisotopic (exact) mass is 270 g/mol. The third-order valence-corrected chi connectivity index (χ3v) is 5.24. The third kappa shape index (κ3) is 4.00. The molecule has 1 heterocycles. The molecule has 0 spiro atoms. The summed E-state index contributed by atoms with van der Waals surface area (Å²) in [5.74, 6) is 0.0944. The summed E-state index contributed by atoms with van der Waals surface area (Å²) in [5.41, 5.74) is 0. The van der Waals surface area contributed by atoms with Gasteiger partial charge in [-0.1, -0.05) is 0 Å². The smallest absolute Gasteiger partial charge is 0.213 e. The van der Waals surface area contributed by atoms with Crippen LogP contribution in [0.1, 0.15) is 19.8 Å². The molecule has 0 bridgehead atoms. The fraction of sp³-hybridized carbons (Fsp3) is 1.00. The fourth-order valence-corrected chi connectivity index (χ4v) is 3.71. The molecule has 0 aromatic rings. The van der Waals surface area contributed by atoms with E-state index >= 15 is 0 Å². The number of nitrogens with zero attached hydrogens (tertiary/aromatic N) is 1. The van der Waals surface area contributed by atoms with Crippen LogP contribution >= 0.6 is 0 Å². The Kier molecular flexibility index (Phi) is 4.33. The van der Waals surface area contributed by atoms with Crippen molar-refractivity contribution in [2.24, 2.45) is 0 Å². The average molecular weight is 270 g/mol. The lowest BCUT2D eigenvalue weighted by atomic mass is 10.1. The van der Waals surface area contributed by atoms with Gasteiger partial charge in [0.1, 0.15) is 0 Å². The molecule has 0 saturated carbocycles. The van der Waals surface area contributed by atoms with Crippen molar-refractivity contribution in [2.45, 2.75) is 25.8 Å². The predicted molar refractivity (Wildman–Crippen MR) is 62.0 cm³/mol. The van der Waals surface area contributed by atoms with Gasteiger partial charge in [0.25, 0.3) is 0 Å². The summed E-state index contributed by atoms with van der Waals surface area (Å²) in [4.78, 5) is 0. The number of piperidine rings is 1. The highest BCUT2D eigenvalue weighted by Gasteiger charge is 2.27.